The van der Waals surface area contributed by atoms with E-state index in [2.05, 4.69) is 17.6 Å². The molecule has 0 bridgehead atoms. The maximum atomic E-state index is 6.03. The molecular formula is C17H26N2O2. The van der Waals surface area contributed by atoms with Gasteiger partial charge in [0.05, 0.1) is 12.2 Å². The van der Waals surface area contributed by atoms with Crippen molar-refractivity contribution in [2.45, 2.75) is 50.7 Å². The number of nitrogens with two attached hydrogens (primary N) is 1. The van der Waals surface area contributed by atoms with Gasteiger partial charge in [-0.3, -0.25) is 11.3 Å². The molecule has 116 valence electrons. The first-order chi connectivity index (χ1) is 10.3. The van der Waals surface area contributed by atoms with E-state index in [1.807, 2.05) is 19.1 Å². The fraction of sp³-hybridized carbons (Fsp3) is 0.647. The molecule has 2 unspecified atom stereocenters. The Kier molecular flexibility index (Phi) is 4.48. The summed E-state index contributed by atoms with van der Waals surface area (Å²) in [6.07, 6.45) is 5.89. The largest absolute Gasteiger partial charge is 0.494 e. The summed E-state index contributed by atoms with van der Waals surface area (Å²) in [5.41, 5.74) is 4.39. The second kappa shape index (κ2) is 6.34. The van der Waals surface area contributed by atoms with Gasteiger partial charge in [-0.15, -0.1) is 0 Å². The molecule has 4 heteroatoms. The average molecular weight is 290 g/mol. The van der Waals surface area contributed by atoms with Crippen LogP contribution < -0.4 is 16.0 Å². The van der Waals surface area contributed by atoms with E-state index in [1.54, 1.807) is 0 Å². The van der Waals surface area contributed by atoms with Crippen LogP contribution in [0.5, 0.6) is 5.75 Å². The minimum atomic E-state index is 0.148. The molecule has 1 aromatic rings. The number of nitrogens with one attached hydrogen (secondary N) is 1. The SMILES string of the molecule is CCOc1cccc(C(NN)C2CCOC3(CCC3)C2)c1. The lowest BCUT2D eigenvalue weighted by Crippen LogP contribution is -2.48. The molecular weight excluding hydrogens is 264 g/mol. The van der Waals surface area contributed by atoms with Gasteiger partial charge < -0.3 is 9.47 Å². The second-order valence-electron chi connectivity index (χ2n) is 6.29. The first-order valence-electron chi connectivity index (χ1n) is 8.09. The van der Waals surface area contributed by atoms with Crippen molar-refractivity contribution in [3.05, 3.63) is 29.8 Å². The van der Waals surface area contributed by atoms with Crippen molar-refractivity contribution in [1.82, 2.24) is 5.43 Å². The molecule has 2 fully saturated rings. The highest BCUT2D eigenvalue weighted by Gasteiger charge is 2.44. The van der Waals surface area contributed by atoms with Crippen LogP contribution in [0.2, 0.25) is 0 Å². The Morgan fingerprint density at radius 3 is 3.00 bits per heavy atom. The lowest BCUT2D eigenvalue weighted by molar-refractivity contribution is -0.147. The molecule has 0 radical (unpaired) electrons. The molecule has 0 aromatic heterocycles. The van der Waals surface area contributed by atoms with Gasteiger partial charge in [0.2, 0.25) is 0 Å². The summed E-state index contributed by atoms with van der Waals surface area (Å²) in [5.74, 6) is 7.32. The first-order valence-corrected chi connectivity index (χ1v) is 8.09. The third-order valence-corrected chi connectivity index (χ3v) is 4.98. The summed E-state index contributed by atoms with van der Waals surface area (Å²) in [5, 5.41) is 0. The smallest absolute Gasteiger partial charge is 0.119 e. The van der Waals surface area contributed by atoms with E-state index < -0.39 is 0 Å². The van der Waals surface area contributed by atoms with Crippen molar-refractivity contribution in [2.75, 3.05) is 13.2 Å². The Bertz CT molecular complexity index is 474. The van der Waals surface area contributed by atoms with E-state index in [0.717, 1.165) is 25.2 Å². The Hall–Kier alpha value is -1.10. The minimum Gasteiger partial charge on any atom is -0.494 e. The number of benzene rings is 1. The van der Waals surface area contributed by atoms with Crippen molar-refractivity contribution >= 4 is 0 Å². The van der Waals surface area contributed by atoms with Crippen LogP contribution in [0.25, 0.3) is 0 Å². The zero-order valence-electron chi connectivity index (χ0n) is 12.8. The van der Waals surface area contributed by atoms with Gasteiger partial charge in [-0.25, -0.2) is 0 Å². The Morgan fingerprint density at radius 1 is 1.48 bits per heavy atom. The Labute approximate surface area is 127 Å². The van der Waals surface area contributed by atoms with Crippen LogP contribution in [0.1, 0.15) is 50.6 Å². The van der Waals surface area contributed by atoms with Gasteiger partial charge in [-0.1, -0.05) is 12.1 Å². The minimum absolute atomic E-state index is 0.148. The van der Waals surface area contributed by atoms with Crippen molar-refractivity contribution in [1.29, 1.82) is 0 Å². The van der Waals surface area contributed by atoms with Gasteiger partial charge in [-0.05, 0) is 62.6 Å². The predicted octanol–water partition coefficient (Wildman–Crippen LogP) is 2.94. The molecule has 1 aromatic carbocycles. The average Bonchev–Trinajstić information content (AvgIpc) is 2.48. The molecule has 21 heavy (non-hydrogen) atoms. The number of ether oxygens (including phenoxy) is 2. The molecule has 3 N–H and O–H groups in total. The quantitative estimate of drug-likeness (QED) is 0.646. The van der Waals surface area contributed by atoms with Crippen LogP contribution in [0.4, 0.5) is 0 Å². The molecule has 0 amide bonds. The van der Waals surface area contributed by atoms with Gasteiger partial charge in [0.1, 0.15) is 5.75 Å². The third kappa shape index (κ3) is 3.07. The summed E-state index contributed by atoms with van der Waals surface area (Å²) >= 11 is 0. The van der Waals surface area contributed by atoms with E-state index >= 15 is 0 Å². The summed E-state index contributed by atoms with van der Waals surface area (Å²) in [6.45, 7) is 3.54. The van der Waals surface area contributed by atoms with Crippen molar-refractivity contribution in [3.63, 3.8) is 0 Å². The number of rotatable bonds is 5. The lowest BCUT2D eigenvalue weighted by Gasteiger charge is -2.48. The van der Waals surface area contributed by atoms with E-state index in [-0.39, 0.29) is 11.6 Å². The molecule has 1 saturated carbocycles. The fourth-order valence-electron chi connectivity index (χ4n) is 3.74. The zero-order chi connectivity index (χ0) is 14.7. The topological polar surface area (TPSA) is 56.5 Å². The molecule has 1 spiro atoms. The standard InChI is InChI=1S/C17H26N2O2/c1-2-20-15-6-3-5-13(11-15)16(19-18)14-7-10-21-17(12-14)8-4-9-17/h3,5-6,11,14,16,19H,2,4,7-10,12,18H2,1H3. The summed E-state index contributed by atoms with van der Waals surface area (Å²) in [7, 11) is 0. The summed E-state index contributed by atoms with van der Waals surface area (Å²) < 4.78 is 11.6. The highest BCUT2D eigenvalue weighted by Crippen LogP contribution is 2.47. The normalized spacial score (nSPS) is 25.3. The molecule has 4 nitrogen and oxygen atoms in total. The molecule has 1 saturated heterocycles. The number of hydrazine groups is 1. The van der Waals surface area contributed by atoms with Crippen LogP contribution in [0.15, 0.2) is 24.3 Å². The second-order valence-corrected chi connectivity index (χ2v) is 6.29. The number of hydrogen-bond acceptors (Lipinski definition) is 4. The number of hydrogen-bond donors (Lipinski definition) is 2. The van der Waals surface area contributed by atoms with E-state index in [9.17, 15) is 0 Å². The fourth-order valence-corrected chi connectivity index (χ4v) is 3.74. The van der Waals surface area contributed by atoms with Gasteiger partial charge in [0.15, 0.2) is 0 Å². The maximum Gasteiger partial charge on any atom is 0.119 e. The van der Waals surface area contributed by atoms with E-state index in [4.69, 9.17) is 15.3 Å². The predicted molar refractivity (Wildman–Crippen MR) is 82.9 cm³/mol. The summed E-state index contributed by atoms with van der Waals surface area (Å²) in [4.78, 5) is 0. The zero-order valence-corrected chi connectivity index (χ0v) is 12.8. The maximum absolute atomic E-state index is 6.03. The Morgan fingerprint density at radius 2 is 2.33 bits per heavy atom. The monoisotopic (exact) mass is 290 g/mol. The molecule has 3 rings (SSSR count). The van der Waals surface area contributed by atoms with Crippen LogP contribution >= 0.6 is 0 Å². The molecule has 1 aliphatic carbocycles. The molecule has 2 atom stereocenters. The van der Waals surface area contributed by atoms with Crippen molar-refractivity contribution in [3.8, 4) is 5.75 Å². The van der Waals surface area contributed by atoms with Crippen LogP contribution in [0, 0.1) is 5.92 Å². The highest BCUT2D eigenvalue weighted by molar-refractivity contribution is 5.31. The van der Waals surface area contributed by atoms with Crippen LogP contribution in [-0.4, -0.2) is 18.8 Å². The third-order valence-electron chi connectivity index (χ3n) is 4.98. The van der Waals surface area contributed by atoms with Crippen LogP contribution in [-0.2, 0) is 4.74 Å². The lowest BCUT2D eigenvalue weighted by atomic mass is 9.70. The Balaban J connectivity index is 1.76. The van der Waals surface area contributed by atoms with Crippen molar-refractivity contribution in [2.24, 2.45) is 11.8 Å². The van der Waals surface area contributed by atoms with Crippen molar-refractivity contribution < 1.29 is 9.47 Å². The van der Waals surface area contributed by atoms with E-state index in [0.29, 0.717) is 12.5 Å². The van der Waals surface area contributed by atoms with Gasteiger partial charge >= 0.3 is 0 Å². The van der Waals surface area contributed by atoms with E-state index in [1.165, 1.54) is 24.8 Å². The first kappa shape index (κ1) is 14.8. The van der Waals surface area contributed by atoms with Gasteiger partial charge in [0, 0.05) is 12.6 Å². The molecule has 1 aliphatic heterocycles. The van der Waals surface area contributed by atoms with Gasteiger partial charge in [0.25, 0.3) is 0 Å². The molecule has 1 heterocycles. The van der Waals surface area contributed by atoms with Crippen LogP contribution in [0.3, 0.4) is 0 Å². The molecule has 2 aliphatic rings. The summed E-state index contributed by atoms with van der Waals surface area (Å²) in [6, 6.07) is 8.46. The van der Waals surface area contributed by atoms with Gasteiger partial charge in [-0.2, -0.15) is 0 Å². The highest BCUT2D eigenvalue weighted by atomic mass is 16.5.